The van der Waals surface area contributed by atoms with Crippen molar-refractivity contribution in [2.45, 2.75) is 6.30 Å². The summed E-state index contributed by atoms with van der Waals surface area (Å²) in [6.45, 7) is 0. The molecule has 74 valence electrons. The van der Waals surface area contributed by atoms with Gasteiger partial charge in [-0.2, -0.15) is 0 Å². The van der Waals surface area contributed by atoms with Crippen LogP contribution in [0.5, 0.6) is 0 Å². The quantitative estimate of drug-likeness (QED) is 0.406. The Bertz CT molecular complexity index is 355. The van der Waals surface area contributed by atoms with E-state index < -0.39 is 20.5 Å². The predicted molar refractivity (Wildman–Crippen MR) is 36.1 cm³/mol. The lowest BCUT2D eigenvalue weighted by atomic mass is 10.6. The molecule has 13 heavy (non-hydrogen) atoms. The van der Waals surface area contributed by atoms with Crippen molar-refractivity contribution >= 4 is 10.3 Å². The second kappa shape index (κ2) is 2.56. The van der Waals surface area contributed by atoms with E-state index in [9.17, 15) is 21.6 Å². The van der Waals surface area contributed by atoms with Crippen molar-refractivity contribution in [1.82, 2.24) is 0 Å². The third kappa shape index (κ3) is 1.36. The minimum Gasteiger partial charge on any atom is -0.240 e. The van der Waals surface area contributed by atoms with Gasteiger partial charge in [-0.15, -0.1) is 21.6 Å². The van der Waals surface area contributed by atoms with Gasteiger partial charge in [0.2, 0.25) is 0 Å². The Morgan fingerprint density at radius 1 is 1.15 bits per heavy atom. The van der Waals surface area contributed by atoms with Crippen LogP contribution in [-0.4, -0.2) is 23.2 Å². The zero-order valence-electron chi connectivity index (χ0n) is 6.06. The van der Waals surface area contributed by atoms with Gasteiger partial charge in [-0.3, -0.25) is 0 Å². The van der Waals surface area contributed by atoms with Gasteiger partial charge in [0, 0.05) is 0 Å². The topological polar surface area (TPSA) is 54.4 Å². The predicted octanol–water partition coefficient (Wildman–Crippen LogP) is 1.17. The smallest absolute Gasteiger partial charge is 0.240 e. The Kier molecular flexibility index (Phi) is 2.02. The maximum Gasteiger partial charge on any atom is 0.587 e. The summed E-state index contributed by atoms with van der Waals surface area (Å²) in [4.78, 5) is 0. The first-order valence-electron chi connectivity index (χ1n) is 3.01. The molecule has 0 aromatic heterocycles. The van der Waals surface area contributed by atoms with Crippen LogP contribution in [0, 0.1) is 0 Å². The highest BCUT2D eigenvalue weighted by molar-refractivity contribution is 7.80. The molecule has 1 aliphatic heterocycles. The lowest BCUT2D eigenvalue weighted by molar-refractivity contribution is -0.841. The van der Waals surface area contributed by atoms with Gasteiger partial charge < -0.3 is 0 Å². The second-order valence-electron chi connectivity index (χ2n) is 2.31. The summed E-state index contributed by atoms with van der Waals surface area (Å²) in [7, 11) is -5.28. The summed E-state index contributed by atoms with van der Waals surface area (Å²) in [5, 5.41) is 0. The molecule has 0 saturated carbocycles. The number of hydrogen-bond donors (Lipinski definition) is 1. The molecule has 1 aliphatic rings. The fourth-order valence-corrected chi connectivity index (χ4v) is 1.57. The van der Waals surface area contributed by atoms with Crippen LogP contribution in [0.4, 0.5) is 13.2 Å². The van der Waals surface area contributed by atoms with Crippen molar-refractivity contribution in [1.29, 1.82) is 0 Å². The third-order valence-electron chi connectivity index (χ3n) is 1.50. The van der Waals surface area contributed by atoms with Crippen molar-refractivity contribution in [3.8, 4) is 0 Å². The van der Waals surface area contributed by atoms with Gasteiger partial charge in [-0.25, -0.2) is 4.55 Å². The molecule has 0 aromatic rings. The summed E-state index contributed by atoms with van der Waals surface area (Å²) in [5.74, 6) is 0. The largest absolute Gasteiger partial charge is 0.587 e. The average Bonchev–Trinajstić information content (AvgIpc) is 2.28. The zero-order valence-corrected chi connectivity index (χ0v) is 6.88. The van der Waals surface area contributed by atoms with E-state index in [4.69, 9.17) is 4.55 Å². The molecule has 4 nitrogen and oxygen atoms in total. The van der Waals surface area contributed by atoms with E-state index in [1.54, 1.807) is 0 Å². The Morgan fingerprint density at radius 3 is 1.69 bits per heavy atom. The lowest BCUT2D eigenvalue weighted by Crippen LogP contribution is -2.52. The molecule has 1 rings (SSSR count). The molecule has 0 atom stereocenters. The van der Waals surface area contributed by atoms with E-state index in [-0.39, 0.29) is 0 Å². The molecule has 0 bridgehead atoms. The molecule has 8 heteroatoms. The van der Waals surface area contributed by atoms with Crippen LogP contribution in [-0.2, 0) is 10.3 Å². The minimum atomic E-state index is -5.28. The van der Waals surface area contributed by atoms with E-state index in [1.165, 1.54) is 0 Å². The Hall–Kier alpha value is -0.860. The lowest BCUT2D eigenvalue weighted by Gasteiger charge is -2.24. The number of alkyl halides is 3. The zero-order chi connectivity index (χ0) is 10.3. The standard InChI is InChI=1S/C5H4F3NO3S/c6-5(7,8)9(13(10,11)12)3-1-2-4-9/h1-4H/p+1. The fraction of sp³-hybridized carbons (Fsp3) is 0.200. The van der Waals surface area contributed by atoms with E-state index in [2.05, 4.69) is 0 Å². The molecule has 0 aromatic carbocycles. The molecule has 1 heterocycles. The molecule has 0 spiro atoms. The van der Waals surface area contributed by atoms with Gasteiger partial charge in [-0.1, -0.05) is 3.89 Å². The third-order valence-corrected chi connectivity index (χ3v) is 2.72. The van der Waals surface area contributed by atoms with Gasteiger partial charge in [0.1, 0.15) is 12.4 Å². The highest BCUT2D eigenvalue weighted by Gasteiger charge is 2.63. The summed E-state index contributed by atoms with van der Waals surface area (Å²) in [6.07, 6.45) is -2.68. The van der Waals surface area contributed by atoms with Crippen molar-refractivity contribution in [2.75, 3.05) is 0 Å². The van der Waals surface area contributed by atoms with Gasteiger partial charge >= 0.3 is 16.6 Å². The Morgan fingerprint density at radius 2 is 1.54 bits per heavy atom. The number of halogens is 3. The second-order valence-corrected chi connectivity index (χ2v) is 3.81. The molecular weight excluding hydrogens is 211 g/mol. The molecule has 0 aliphatic carbocycles. The van der Waals surface area contributed by atoms with Crippen LogP contribution in [0.2, 0.25) is 0 Å². The van der Waals surface area contributed by atoms with Crippen LogP contribution in [0.15, 0.2) is 24.6 Å². The molecule has 0 fully saturated rings. The Balaban J connectivity index is 3.37. The molecule has 0 saturated heterocycles. The SMILES string of the molecule is O=S(=O)(O)[N+]1(C(F)(F)F)C=CC=C1. The van der Waals surface area contributed by atoms with Crippen LogP contribution in [0.3, 0.4) is 0 Å². The first kappa shape index (κ1) is 10.2. The molecule has 0 amide bonds. The maximum atomic E-state index is 12.2. The first-order chi connectivity index (χ1) is 5.71. The summed E-state index contributed by atoms with van der Waals surface area (Å²) >= 11 is 0. The minimum absolute atomic E-state index is 0.329. The first-order valence-corrected chi connectivity index (χ1v) is 4.40. The Labute approximate surface area is 72.0 Å². The molecule has 0 unspecified atom stereocenters. The fourth-order valence-electron chi connectivity index (χ4n) is 0.858. The van der Waals surface area contributed by atoms with E-state index in [0.717, 1.165) is 12.2 Å². The number of rotatable bonds is 1. The van der Waals surface area contributed by atoms with Gasteiger partial charge in [0.15, 0.2) is 0 Å². The number of allylic oxidation sites excluding steroid dienone is 2. The van der Waals surface area contributed by atoms with Crippen LogP contribution < -0.4 is 0 Å². The molecule has 0 radical (unpaired) electrons. The van der Waals surface area contributed by atoms with Crippen molar-refractivity contribution in [3.63, 3.8) is 0 Å². The maximum absolute atomic E-state index is 12.2. The van der Waals surface area contributed by atoms with Gasteiger partial charge in [0.25, 0.3) is 0 Å². The average molecular weight is 216 g/mol. The summed E-state index contributed by atoms with van der Waals surface area (Å²) in [5.41, 5.74) is 0. The number of quaternary nitrogens is 1. The number of hydrogen-bond acceptors (Lipinski definition) is 2. The van der Waals surface area contributed by atoms with E-state index >= 15 is 0 Å². The normalized spacial score (nSPS) is 20.9. The van der Waals surface area contributed by atoms with E-state index in [0.29, 0.717) is 12.4 Å². The van der Waals surface area contributed by atoms with Crippen molar-refractivity contribution < 1.29 is 30.0 Å². The monoisotopic (exact) mass is 216 g/mol. The van der Waals surface area contributed by atoms with Crippen LogP contribution in [0.25, 0.3) is 0 Å². The van der Waals surface area contributed by atoms with E-state index in [1.807, 2.05) is 0 Å². The highest BCUT2D eigenvalue weighted by Crippen LogP contribution is 2.37. The van der Waals surface area contributed by atoms with Crippen molar-refractivity contribution in [2.24, 2.45) is 0 Å². The van der Waals surface area contributed by atoms with Gasteiger partial charge in [0.05, 0.1) is 0 Å². The molecular formula is C5H5F3NO3S+. The van der Waals surface area contributed by atoms with Crippen molar-refractivity contribution in [3.05, 3.63) is 24.6 Å². The summed E-state index contributed by atoms with van der Waals surface area (Å²) < 4.78 is 63.6. The van der Waals surface area contributed by atoms with Gasteiger partial charge in [-0.05, 0) is 12.2 Å². The summed E-state index contributed by atoms with van der Waals surface area (Å²) in [6, 6.07) is 0. The number of nitrogens with zero attached hydrogens (tertiary/aromatic N) is 1. The highest BCUT2D eigenvalue weighted by atomic mass is 32.2. The molecule has 1 N–H and O–H groups in total. The van der Waals surface area contributed by atoms with Crippen LogP contribution >= 0.6 is 0 Å². The van der Waals surface area contributed by atoms with Crippen LogP contribution in [0.1, 0.15) is 0 Å².